The van der Waals surface area contributed by atoms with Gasteiger partial charge >= 0.3 is 0 Å². The number of aryl methyl sites for hydroxylation is 1. The highest BCUT2D eigenvalue weighted by molar-refractivity contribution is 5.80. The van der Waals surface area contributed by atoms with Crippen LogP contribution in [0, 0.1) is 19.8 Å². The SMILES string of the molecule is COC1CCC(C(=O)N2CCCC[C@@H]2c2nc(N(C)C)ncc2-c2onc(C)c2C)CC1. The molecule has 1 atom stereocenters. The van der Waals surface area contributed by atoms with Crippen LogP contribution in [0.4, 0.5) is 5.95 Å². The van der Waals surface area contributed by atoms with Crippen LogP contribution in [0.15, 0.2) is 10.7 Å². The first-order valence-electron chi connectivity index (χ1n) is 11.7. The van der Waals surface area contributed by atoms with Gasteiger partial charge < -0.3 is 19.1 Å². The summed E-state index contributed by atoms with van der Waals surface area (Å²) in [5.74, 6) is 1.65. The van der Waals surface area contributed by atoms with E-state index in [1.807, 2.05) is 39.0 Å². The molecular weight excluding hydrogens is 406 g/mol. The van der Waals surface area contributed by atoms with Gasteiger partial charge in [0.25, 0.3) is 0 Å². The van der Waals surface area contributed by atoms with Crippen LogP contribution < -0.4 is 4.90 Å². The maximum absolute atomic E-state index is 13.7. The number of likely N-dealkylation sites (tertiary alicyclic amines) is 1. The van der Waals surface area contributed by atoms with Crippen LogP contribution in [0.3, 0.4) is 0 Å². The van der Waals surface area contributed by atoms with E-state index >= 15 is 0 Å². The molecule has 0 N–H and O–H groups in total. The van der Waals surface area contributed by atoms with Gasteiger partial charge in [-0.3, -0.25) is 4.79 Å². The normalized spacial score (nSPS) is 23.9. The average Bonchev–Trinajstić information content (AvgIpc) is 3.16. The molecular formula is C24H35N5O3. The Morgan fingerprint density at radius 1 is 1.16 bits per heavy atom. The van der Waals surface area contributed by atoms with Crippen molar-refractivity contribution in [2.75, 3.05) is 32.6 Å². The second-order valence-electron chi connectivity index (χ2n) is 9.34. The van der Waals surface area contributed by atoms with Gasteiger partial charge in [0.1, 0.15) is 0 Å². The van der Waals surface area contributed by atoms with Crippen molar-refractivity contribution in [1.82, 2.24) is 20.0 Å². The van der Waals surface area contributed by atoms with Gasteiger partial charge in [-0.15, -0.1) is 0 Å². The number of piperidine rings is 1. The number of anilines is 1. The molecule has 0 radical (unpaired) electrons. The first kappa shape index (κ1) is 22.7. The molecule has 1 amide bonds. The zero-order valence-electron chi connectivity index (χ0n) is 19.9. The highest BCUT2D eigenvalue weighted by atomic mass is 16.5. The molecule has 174 valence electrons. The zero-order valence-corrected chi connectivity index (χ0v) is 19.9. The summed E-state index contributed by atoms with van der Waals surface area (Å²) in [5, 5.41) is 4.15. The van der Waals surface area contributed by atoms with Crippen molar-refractivity contribution in [2.24, 2.45) is 5.92 Å². The Balaban J connectivity index is 1.70. The summed E-state index contributed by atoms with van der Waals surface area (Å²) in [6, 6.07) is -0.0853. The zero-order chi connectivity index (χ0) is 22.8. The molecule has 32 heavy (non-hydrogen) atoms. The molecule has 1 aliphatic heterocycles. The van der Waals surface area contributed by atoms with E-state index in [9.17, 15) is 4.79 Å². The van der Waals surface area contributed by atoms with Gasteiger partial charge in [-0.1, -0.05) is 5.16 Å². The number of aromatic nitrogens is 3. The number of carbonyl (C=O) groups excluding carboxylic acids is 1. The Morgan fingerprint density at radius 2 is 1.91 bits per heavy atom. The molecule has 1 saturated heterocycles. The van der Waals surface area contributed by atoms with E-state index < -0.39 is 0 Å². The fraction of sp³-hybridized carbons (Fsp3) is 0.667. The van der Waals surface area contributed by atoms with E-state index in [4.69, 9.17) is 14.2 Å². The third kappa shape index (κ3) is 4.37. The molecule has 3 heterocycles. The van der Waals surface area contributed by atoms with Crippen LogP contribution >= 0.6 is 0 Å². The first-order valence-corrected chi connectivity index (χ1v) is 11.7. The van der Waals surface area contributed by atoms with Crippen molar-refractivity contribution in [3.8, 4) is 11.3 Å². The fourth-order valence-electron chi connectivity index (χ4n) is 4.96. The molecule has 2 aromatic rings. The summed E-state index contributed by atoms with van der Waals surface area (Å²) in [5.41, 5.74) is 3.54. The van der Waals surface area contributed by atoms with Gasteiger partial charge in [0.2, 0.25) is 11.9 Å². The summed E-state index contributed by atoms with van der Waals surface area (Å²) >= 11 is 0. The molecule has 0 spiro atoms. The molecule has 1 aliphatic carbocycles. The second kappa shape index (κ2) is 9.57. The molecule has 0 aromatic carbocycles. The number of hydrogen-bond donors (Lipinski definition) is 0. The van der Waals surface area contributed by atoms with E-state index in [1.165, 1.54) is 0 Å². The predicted octanol–water partition coefficient (Wildman–Crippen LogP) is 4.07. The highest BCUT2D eigenvalue weighted by Crippen LogP contribution is 2.39. The van der Waals surface area contributed by atoms with E-state index in [2.05, 4.69) is 15.0 Å². The summed E-state index contributed by atoms with van der Waals surface area (Å²) in [4.78, 5) is 27.1. The maximum Gasteiger partial charge on any atom is 0.226 e. The summed E-state index contributed by atoms with van der Waals surface area (Å²) in [6.07, 6.45) is 8.77. The Kier molecular flexibility index (Phi) is 6.79. The predicted molar refractivity (Wildman–Crippen MR) is 122 cm³/mol. The van der Waals surface area contributed by atoms with Gasteiger partial charge in [0, 0.05) is 45.4 Å². The molecule has 0 bridgehead atoms. The molecule has 1 saturated carbocycles. The van der Waals surface area contributed by atoms with Crippen molar-refractivity contribution in [3.05, 3.63) is 23.1 Å². The lowest BCUT2D eigenvalue weighted by Crippen LogP contribution is -2.43. The highest BCUT2D eigenvalue weighted by Gasteiger charge is 2.37. The second-order valence-corrected chi connectivity index (χ2v) is 9.34. The van der Waals surface area contributed by atoms with E-state index in [0.29, 0.717) is 11.7 Å². The minimum atomic E-state index is -0.0853. The van der Waals surface area contributed by atoms with Crippen LogP contribution in [0.25, 0.3) is 11.3 Å². The summed E-state index contributed by atoms with van der Waals surface area (Å²) < 4.78 is 11.2. The lowest BCUT2D eigenvalue weighted by atomic mass is 9.85. The first-order chi connectivity index (χ1) is 15.4. The minimum absolute atomic E-state index is 0.0647. The van der Waals surface area contributed by atoms with Crippen LogP contribution in [0.2, 0.25) is 0 Å². The Morgan fingerprint density at radius 3 is 2.53 bits per heavy atom. The van der Waals surface area contributed by atoms with Crippen LogP contribution in [-0.4, -0.2) is 59.8 Å². The third-order valence-corrected chi connectivity index (χ3v) is 7.07. The molecule has 8 nitrogen and oxygen atoms in total. The topological polar surface area (TPSA) is 84.6 Å². The molecule has 4 rings (SSSR count). The average molecular weight is 442 g/mol. The van der Waals surface area contributed by atoms with Crippen molar-refractivity contribution >= 4 is 11.9 Å². The minimum Gasteiger partial charge on any atom is -0.381 e. The molecule has 2 aromatic heterocycles. The lowest BCUT2D eigenvalue weighted by Gasteiger charge is -2.39. The standard InChI is InChI=1S/C24H35N5O3/c1-15-16(2)27-32-22(15)19-14-25-24(28(3)4)26-21(19)20-8-6-7-13-29(20)23(30)17-9-11-18(31-5)12-10-17/h14,17-18,20H,6-13H2,1-5H3/t17?,18?,20-/m1/s1. The Hall–Kier alpha value is -2.48. The van der Waals surface area contributed by atoms with E-state index in [1.54, 1.807) is 7.11 Å². The Bertz CT molecular complexity index is 949. The number of nitrogens with zero attached hydrogens (tertiary/aromatic N) is 5. The number of methoxy groups -OCH3 is 1. The lowest BCUT2D eigenvalue weighted by molar-refractivity contribution is -0.141. The largest absolute Gasteiger partial charge is 0.381 e. The molecule has 2 aliphatic rings. The summed E-state index contributed by atoms with van der Waals surface area (Å²) in [7, 11) is 5.63. The van der Waals surface area contributed by atoms with Gasteiger partial charge in [0.05, 0.1) is 29.1 Å². The monoisotopic (exact) mass is 441 g/mol. The number of amides is 1. The molecule has 8 heteroatoms. The van der Waals surface area contributed by atoms with E-state index in [0.717, 1.165) is 74.0 Å². The number of carbonyl (C=O) groups is 1. The fourth-order valence-corrected chi connectivity index (χ4v) is 4.96. The summed E-state index contributed by atoms with van der Waals surface area (Å²) in [6.45, 7) is 4.70. The van der Waals surface area contributed by atoms with Crippen LogP contribution in [-0.2, 0) is 9.53 Å². The maximum atomic E-state index is 13.7. The van der Waals surface area contributed by atoms with Gasteiger partial charge in [0.15, 0.2) is 5.76 Å². The molecule has 0 unspecified atom stereocenters. The van der Waals surface area contributed by atoms with Crippen molar-refractivity contribution < 1.29 is 14.1 Å². The van der Waals surface area contributed by atoms with Crippen molar-refractivity contribution in [3.63, 3.8) is 0 Å². The smallest absolute Gasteiger partial charge is 0.226 e. The van der Waals surface area contributed by atoms with Crippen molar-refractivity contribution in [1.29, 1.82) is 0 Å². The quantitative estimate of drug-likeness (QED) is 0.691. The third-order valence-electron chi connectivity index (χ3n) is 7.07. The van der Waals surface area contributed by atoms with E-state index in [-0.39, 0.29) is 24.0 Å². The number of hydrogen-bond acceptors (Lipinski definition) is 7. The van der Waals surface area contributed by atoms with Crippen LogP contribution in [0.5, 0.6) is 0 Å². The van der Waals surface area contributed by atoms with Gasteiger partial charge in [-0.05, 0) is 58.8 Å². The molecule has 2 fully saturated rings. The number of rotatable bonds is 5. The van der Waals surface area contributed by atoms with Gasteiger partial charge in [-0.25, -0.2) is 9.97 Å². The number of ether oxygens (including phenoxy) is 1. The van der Waals surface area contributed by atoms with Gasteiger partial charge in [-0.2, -0.15) is 0 Å². The Labute approximate surface area is 190 Å². The van der Waals surface area contributed by atoms with Crippen LogP contribution in [0.1, 0.15) is 67.9 Å². The van der Waals surface area contributed by atoms with Crippen molar-refractivity contribution in [2.45, 2.75) is 70.9 Å².